The Bertz CT molecular complexity index is 2440. The quantitative estimate of drug-likeness (QED) is 0.0998. The van der Waals surface area contributed by atoms with Crippen molar-refractivity contribution < 1.29 is 13.0 Å². The molecule has 0 aromatic heterocycles. The maximum atomic E-state index is 4.94. The van der Waals surface area contributed by atoms with E-state index in [0.717, 1.165) is 0 Å². The molecule has 70 heavy (non-hydrogen) atoms. The van der Waals surface area contributed by atoms with Crippen LogP contribution in [-0.2, 0) is 13.0 Å². The number of halogens is 3. The van der Waals surface area contributed by atoms with Crippen molar-refractivity contribution in [3.05, 3.63) is 268 Å². The van der Waals surface area contributed by atoms with Crippen molar-refractivity contribution in [1.29, 1.82) is 0 Å². The summed E-state index contributed by atoms with van der Waals surface area (Å²) in [5.74, 6) is 0. The van der Waals surface area contributed by atoms with Gasteiger partial charge in [-0.25, -0.2) is 0 Å². The van der Waals surface area contributed by atoms with Crippen LogP contribution in [0.3, 0.4) is 0 Å². The van der Waals surface area contributed by atoms with Gasteiger partial charge < -0.3 is 0 Å². The summed E-state index contributed by atoms with van der Waals surface area (Å²) in [6, 6.07) is 79.2. The van der Waals surface area contributed by atoms with Gasteiger partial charge in [0.05, 0.1) is 0 Å². The van der Waals surface area contributed by atoms with E-state index in [1.165, 1.54) is 97.8 Å². The van der Waals surface area contributed by atoms with Gasteiger partial charge >= 0.3 is 42.1 Å². The van der Waals surface area contributed by atoms with Crippen molar-refractivity contribution >= 4 is 101 Å². The molecule has 9 aromatic carbocycles. The van der Waals surface area contributed by atoms with Gasteiger partial charge in [0.2, 0.25) is 0 Å². The Labute approximate surface area is 440 Å². The molecule has 0 saturated heterocycles. The summed E-state index contributed by atoms with van der Waals surface area (Å²) in [7, 11) is 13.3. The van der Waals surface area contributed by atoms with E-state index in [1.54, 1.807) is 0 Å². The maximum absolute atomic E-state index is 4.94. The number of aryl methyl sites for hydroxylation is 9. The first-order chi connectivity index (χ1) is 33.8. The SMILES string of the molecule is Cc1ccccc1P(c1ccccc1C)c1ccccc1C.Cc1ccccc1P(c1ccccc1C)c1ccccc1C.Cc1ccccc1P(c1ccccc1C)c1ccccc1C.[Cl][Rh]([Cl])[Cl]. The minimum atomic E-state index is -1.66. The van der Waals surface area contributed by atoms with Crippen LogP contribution >= 0.6 is 52.8 Å². The molecule has 0 atom stereocenters. The molecule has 9 aromatic rings. The number of hydrogen-bond acceptors (Lipinski definition) is 0. The van der Waals surface area contributed by atoms with Gasteiger partial charge in [-0.2, -0.15) is 0 Å². The van der Waals surface area contributed by atoms with Gasteiger partial charge in [0.25, 0.3) is 0 Å². The Balaban J connectivity index is 0.000000166. The van der Waals surface area contributed by atoms with E-state index in [2.05, 4.69) is 281 Å². The second-order valence-corrected chi connectivity index (χ2v) is 31.0. The van der Waals surface area contributed by atoms with E-state index in [4.69, 9.17) is 29.1 Å². The van der Waals surface area contributed by atoms with E-state index in [9.17, 15) is 0 Å². The van der Waals surface area contributed by atoms with Crippen LogP contribution in [-0.4, -0.2) is 0 Å². The fourth-order valence-electron chi connectivity index (χ4n) is 8.50. The molecule has 7 heteroatoms. The van der Waals surface area contributed by atoms with Crippen LogP contribution in [0.5, 0.6) is 0 Å². The Morgan fingerprint density at radius 3 is 0.371 bits per heavy atom. The van der Waals surface area contributed by atoms with E-state index < -0.39 is 36.7 Å². The molecule has 0 amide bonds. The molecule has 0 saturated carbocycles. The van der Waals surface area contributed by atoms with E-state index in [0.29, 0.717) is 0 Å². The van der Waals surface area contributed by atoms with Crippen molar-refractivity contribution in [1.82, 2.24) is 0 Å². The fraction of sp³-hybridized carbons (Fsp3) is 0.143. The van der Waals surface area contributed by atoms with E-state index in [1.807, 2.05) is 0 Å². The molecule has 0 bridgehead atoms. The third-order valence-corrected chi connectivity index (χ3v) is 21.1. The Morgan fingerprint density at radius 2 is 0.286 bits per heavy atom. The van der Waals surface area contributed by atoms with Gasteiger partial charge in [-0.05, 0) is 184 Å². The van der Waals surface area contributed by atoms with Crippen molar-refractivity contribution in [2.24, 2.45) is 0 Å². The third-order valence-electron chi connectivity index (χ3n) is 12.2. The average molecular weight is 1120 g/mol. The summed E-state index contributed by atoms with van der Waals surface area (Å²) in [6.07, 6.45) is 0. The molecule has 9 rings (SSSR count). The Morgan fingerprint density at radius 1 is 0.200 bits per heavy atom. The molecule has 0 spiro atoms. The van der Waals surface area contributed by atoms with Crippen LogP contribution in [0.15, 0.2) is 218 Å². The first-order valence-corrected chi connectivity index (χ1v) is 33.7. The zero-order valence-corrected chi connectivity index (χ0v) is 48.2. The third kappa shape index (κ3) is 14.7. The molecule has 0 fully saturated rings. The summed E-state index contributed by atoms with van der Waals surface area (Å²) < 4.78 is 0. The van der Waals surface area contributed by atoms with Crippen molar-refractivity contribution in [3.8, 4) is 0 Å². The van der Waals surface area contributed by atoms with Gasteiger partial charge in [0.1, 0.15) is 0 Å². The van der Waals surface area contributed by atoms with Gasteiger partial charge in [-0.1, -0.05) is 218 Å². The van der Waals surface area contributed by atoms with Crippen LogP contribution in [0.1, 0.15) is 50.1 Å². The molecule has 0 N–H and O–H groups in total. The standard InChI is InChI=1S/3C21H21P.3ClH.Rh/c3*1-16-10-4-7-13-19(16)22(20-14-8-5-11-17(20)2)21-15-9-6-12-18(21)3;;;;/h3*4-15H,1-3H3;3*1H;/q;;;;;;+3/p-3. The molecular weight excluding hydrogens is 1060 g/mol. The zero-order valence-electron chi connectivity index (χ0n) is 41.6. The van der Waals surface area contributed by atoms with E-state index >= 15 is 0 Å². The fourth-order valence-corrected chi connectivity index (χ4v) is 16.8. The van der Waals surface area contributed by atoms with Gasteiger partial charge in [-0.15, -0.1) is 0 Å². The average Bonchev–Trinajstić information content (AvgIpc) is 3.35. The van der Waals surface area contributed by atoms with Gasteiger partial charge in [-0.3, -0.25) is 0 Å². The zero-order chi connectivity index (χ0) is 50.2. The molecule has 0 unspecified atom stereocenters. The van der Waals surface area contributed by atoms with Gasteiger partial charge in [0, 0.05) is 0 Å². The van der Waals surface area contributed by atoms with Crippen molar-refractivity contribution in [2.75, 3.05) is 0 Å². The van der Waals surface area contributed by atoms with Crippen LogP contribution < -0.4 is 47.7 Å². The van der Waals surface area contributed by atoms with E-state index in [-0.39, 0.29) is 0 Å². The summed E-state index contributed by atoms with van der Waals surface area (Å²) in [4.78, 5) is 0. The Kier molecular flexibility index (Phi) is 21.7. The monoisotopic (exact) mass is 1120 g/mol. The molecule has 0 heterocycles. The summed E-state index contributed by atoms with van der Waals surface area (Å²) >= 11 is -1.66. The van der Waals surface area contributed by atoms with Crippen LogP contribution in [0.4, 0.5) is 0 Å². The minimum absolute atomic E-state index is 0.508. The molecule has 0 aliphatic carbocycles. The van der Waals surface area contributed by atoms with Crippen LogP contribution in [0, 0.1) is 62.3 Å². The van der Waals surface area contributed by atoms with Crippen molar-refractivity contribution in [2.45, 2.75) is 62.3 Å². The number of benzene rings is 9. The van der Waals surface area contributed by atoms with Gasteiger partial charge in [0.15, 0.2) is 0 Å². The summed E-state index contributed by atoms with van der Waals surface area (Å²) in [6.45, 7) is 20.0. The first-order valence-electron chi connectivity index (χ1n) is 23.3. The summed E-state index contributed by atoms with van der Waals surface area (Å²) in [5.41, 5.74) is 12.4. The first kappa shape index (κ1) is 55.1. The second kappa shape index (κ2) is 27.5. The topological polar surface area (TPSA) is 0 Å². The predicted octanol–water partition coefficient (Wildman–Crippen LogP) is 15.2. The normalized spacial score (nSPS) is 10.9. The molecule has 360 valence electrons. The number of hydrogen-bond donors (Lipinski definition) is 0. The second-order valence-electron chi connectivity index (χ2n) is 17.2. The van der Waals surface area contributed by atoms with Crippen LogP contribution in [0.2, 0.25) is 0 Å². The molecule has 0 aliphatic rings. The van der Waals surface area contributed by atoms with Crippen LogP contribution in [0.25, 0.3) is 0 Å². The molecule has 0 nitrogen and oxygen atoms in total. The molecule has 0 radical (unpaired) electrons. The predicted molar refractivity (Wildman–Crippen MR) is 316 cm³/mol. The van der Waals surface area contributed by atoms with Crippen molar-refractivity contribution in [3.63, 3.8) is 0 Å². The molecular formula is C63H63Cl3P3Rh. The number of rotatable bonds is 9. The molecule has 0 aliphatic heterocycles. The Hall–Kier alpha value is -4.24. The summed E-state index contributed by atoms with van der Waals surface area (Å²) in [5, 5.41) is 13.1.